The average molecular weight is 345 g/mol. The molecular weight excluding hydrogens is 322 g/mol. The first-order chi connectivity index (χ1) is 11.7. The van der Waals surface area contributed by atoms with Crippen LogP contribution in [0.2, 0.25) is 0 Å². The maximum Gasteiger partial charge on any atom is 0.230 e. The van der Waals surface area contributed by atoms with Gasteiger partial charge in [0.1, 0.15) is 0 Å². The van der Waals surface area contributed by atoms with Crippen LogP contribution in [0.25, 0.3) is 5.69 Å². The van der Waals surface area contributed by atoms with Crippen molar-refractivity contribution in [2.24, 2.45) is 0 Å². The van der Waals surface area contributed by atoms with Crippen molar-refractivity contribution in [3.63, 3.8) is 0 Å². The summed E-state index contributed by atoms with van der Waals surface area (Å²) in [5.74, 6) is 0.397. The fraction of sp³-hybridized carbons (Fsp3) is 0.529. The third-order valence-corrected chi connectivity index (χ3v) is 5.19. The molecule has 1 heterocycles. The van der Waals surface area contributed by atoms with Gasteiger partial charge in [-0.1, -0.05) is 55.1 Å². The highest BCUT2D eigenvalue weighted by Crippen LogP contribution is 2.20. The Kier molecular flexibility index (Phi) is 5.85. The summed E-state index contributed by atoms with van der Waals surface area (Å²) in [5, 5.41) is 15.6. The normalized spacial score (nSPS) is 15.9. The highest BCUT2D eigenvalue weighted by molar-refractivity contribution is 7.99. The van der Waals surface area contributed by atoms with Gasteiger partial charge in [0.05, 0.1) is 11.4 Å². The second kappa shape index (κ2) is 8.28. The van der Waals surface area contributed by atoms with E-state index in [0.717, 1.165) is 18.5 Å². The van der Waals surface area contributed by atoms with E-state index in [2.05, 4.69) is 20.8 Å². The highest BCUT2D eigenvalue weighted by atomic mass is 32.2. The number of nitrogens with zero attached hydrogens (tertiary/aromatic N) is 4. The fourth-order valence-electron chi connectivity index (χ4n) is 2.94. The van der Waals surface area contributed by atoms with Gasteiger partial charge in [0.2, 0.25) is 11.1 Å². The molecule has 3 rings (SSSR count). The van der Waals surface area contributed by atoms with Crippen LogP contribution in [-0.2, 0) is 4.79 Å². The predicted octanol–water partition coefficient (Wildman–Crippen LogP) is 2.90. The van der Waals surface area contributed by atoms with Crippen LogP contribution in [0.5, 0.6) is 0 Å². The van der Waals surface area contributed by atoms with Crippen molar-refractivity contribution in [1.82, 2.24) is 25.5 Å². The Labute approximate surface area is 146 Å². The Bertz CT molecular complexity index is 662. The van der Waals surface area contributed by atoms with E-state index in [9.17, 15) is 4.79 Å². The van der Waals surface area contributed by atoms with Gasteiger partial charge < -0.3 is 5.32 Å². The van der Waals surface area contributed by atoms with E-state index in [4.69, 9.17) is 0 Å². The molecule has 6 nitrogen and oxygen atoms in total. The summed E-state index contributed by atoms with van der Waals surface area (Å²) in [6.07, 6.45) is 7.18. The van der Waals surface area contributed by atoms with Crippen molar-refractivity contribution in [2.45, 2.75) is 56.6 Å². The van der Waals surface area contributed by atoms with Gasteiger partial charge in [0.15, 0.2) is 0 Å². The van der Waals surface area contributed by atoms with Gasteiger partial charge in [-0.3, -0.25) is 4.79 Å². The standard InChI is InChI=1S/C17H23N5OS/c1-13-8-10-15(11-9-13)22-17(19-20-21-22)24-12-16(23)18-14-6-4-2-3-5-7-14/h8-11,14H,2-7,12H2,1H3,(H,18,23). The molecule has 7 heteroatoms. The number of nitrogens with one attached hydrogen (secondary N) is 1. The van der Waals surface area contributed by atoms with E-state index in [0.29, 0.717) is 17.0 Å². The maximum absolute atomic E-state index is 12.2. The Morgan fingerprint density at radius 1 is 1.21 bits per heavy atom. The lowest BCUT2D eigenvalue weighted by Crippen LogP contribution is -2.35. The summed E-state index contributed by atoms with van der Waals surface area (Å²) < 4.78 is 1.67. The van der Waals surface area contributed by atoms with Gasteiger partial charge in [-0.05, 0) is 42.3 Å². The van der Waals surface area contributed by atoms with E-state index >= 15 is 0 Å². The molecule has 1 aliphatic rings. The lowest BCUT2D eigenvalue weighted by molar-refractivity contribution is -0.119. The molecule has 0 aliphatic heterocycles. The SMILES string of the molecule is Cc1ccc(-n2nnnc2SCC(=O)NC2CCCCCC2)cc1. The minimum Gasteiger partial charge on any atom is -0.353 e. The highest BCUT2D eigenvalue weighted by Gasteiger charge is 2.16. The molecule has 24 heavy (non-hydrogen) atoms. The molecule has 1 saturated carbocycles. The number of carbonyl (C=O) groups is 1. The Morgan fingerprint density at radius 2 is 1.92 bits per heavy atom. The second-order valence-electron chi connectivity index (χ2n) is 6.25. The van der Waals surface area contributed by atoms with Crippen LogP contribution in [0.4, 0.5) is 0 Å². The molecule has 2 aromatic rings. The molecule has 1 aromatic carbocycles. The van der Waals surface area contributed by atoms with Gasteiger partial charge in [-0.15, -0.1) is 5.10 Å². The second-order valence-corrected chi connectivity index (χ2v) is 7.20. The first-order valence-corrected chi connectivity index (χ1v) is 9.48. The van der Waals surface area contributed by atoms with Crippen molar-refractivity contribution in [1.29, 1.82) is 0 Å². The molecule has 1 aliphatic carbocycles. The number of carbonyl (C=O) groups excluding carboxylic acids is 1. The molecule has 1 N–H and O–H groups in total. The first kappa shape index (κ1) is 17.0. The van der Waals surface area contributed by atoms with Gasteiger partial charge in [0.25, 0.3) is 0 Å². The van der Waals surface area contributed by atoms with Crippen LogP contribution in [0.1, 0.15) is 44.1 Å². The van der Waals surface area contributed by atoms with E-state index in [1.165, 1.54) is 43.0 Å². The van der Waals surface area contributed by atoms with Crippen LogP contribution < -0.4 is 5.32 Å². The van der Waals surface area contributed by atoms with Crippen LogP contribution in [0.15, 0.2) is 29.4 Å². The predicted molar refractivity (Wildman–Crippen MR) is 94.2 cm³/mol. The summed E-state index contributed by atoms with van der Waals surface area (Å²) >= 11 is 1.37. The minimum atomic E-state index is 0.0605. The molecule has 1 aromatic heterocycles. The molecular formula is C17H23N5OS. The maximum atomic E-state index is 12.2. The van der Waals surface area contributed by atoms with Gasteiger partial charge in [0, 0.05) is 6.04 Å². The molecule has 0 spiro atoms. The average Bonchev–Trinajstić information content (AvgIpc) is 2.90. The fourth-order valence-corrected chi connectivity index (χ4v) is 3.64. The summed E-state index contributed by atoms with van der Waals surface area (Å²) in [6.45, 7) is 2.04. The monoisotopic (exact) mass is 345 g/mol. The number of aromatic nitrogens is 4. The number of tetrazole rings is 1. The number of benzene rings is 1. The Morgan fingerprint density at radius 3 is 2.62 bits per heavy atom. The number of hydrogen-bond donors (Lipinski definition) is 1. The molecule has 128 valence electrons. The van der Waals surface area contributed by atoms with E-state index in [1.807, 2.05) is 31.2 Å². The molecule has 1 amide bonds. The Hall–Kier alpha value is -1.89. The number of rotatable bonds is 5. The molecule has 0 bridgehead atoms. The third-order valence-electron chi connectivity index (χ3n) is 4.27. The zero-order valence-corrected chi connectivity index (χ0v) is 14.8. The zero-order valence-electron chi connectivity index (χ0n) is 13.9. The zero-order chi connectivity index (χ0) is 16.8. The number of aryl methyl sites for hydroxylation is 1. The summed E-state index contributed by atoms with van der Waals surface area (Å²) in [5.41, 5.74) is 2.08. The van der Waals surface area contributed by atoms with E-state index in [1.54, 1.807) is 4.68 Å². The molecule has 0 radical (unpaired) electrons. The van der Waals surface area contributed by atoms with Crippen molar-refractivity contribution in [3.05, 3.63) is 29.8 Å². The Balaban J connectivity index is 1.56. The van der Waals surface area contributed by atoms with Crippen LogP contribution in [-0.4, -0.2) is 37.9 Å². The third kappa shape index (κ3) is 4.56. The number of thioether (sulfide) groups is 1. The molecule has 0 atom stereocenters. The van der Waals surface area contributed by atoms with Crippen molar-refractivity contribution in [3.8, 4) is 5.69 Å². The number of amides is 1. The van der Waals surface area contributed by atoms with Crippen LogP contribution in [0.3, 0.4) is 0 Å². The lowest BCUT2D eigenvalue weighted by atomic mass is 10.1. The van der Waals surface area contributed by atoms with Gasteiger partial charge in [-0.2, -0.15) is 4.68 Å². The number of hydrogen-bond acceptors (Lipinski definition) is 5. The summed E-state index contributed by atoms with van der Waals surface area (Å²) in [4.78, 5) is 12.2. The van der Waals surface area contributed by atoms with Crippen LogP contribution >= 0.6 is 11.8 Å². The summed E-state index contributed by atoms with van der Waals surface area (Å²) in [6, 6.07) is 8.31. The van der Waals surface area contributed by atoms with Crippen molar-refractivity contribution in [2.75, 3.05) is 5.75 Å². The van der Waals surface area contributed by atoms with Gasteiger partial charge in [-0.25, -0.2) is 0 Å². The van der Waals surface area contributed by atoms with E-state index in [-0.39, 0.29) is 5.91 Å². The molecule has 0 saturated heterocycles. The quantitative estimate of drug-likeness (QED) is 0.666. The largest absolute Gasteiger partial charge is 0.353 e. The molecule has 0 unspecified atom stereocenters. The first-order valence-electron chi connectivity index (χ1n) is 8.50. The van der Waals surface area contributed by atoms with Gasteiger partial charge >= 0.3 is 0 Å². The summed E-state index contributed by atoms with van der Waals surface area (Å²) in [7, 11) is 0. The van der Waals surface area contributed by atoms with E-state index < -0.39 is 0 Å². The van der Waals surface area contributed by atoms with Crippen LogP contribution in [0, 0.1) is 6.92 Å². The smallest absolute Gasteiger partial charge is 0.230 e. The minimum absolute atomic E-state index is 0.0605. The lowest BCUT2D eigenvalue weighted by Gasteiger charge is -2.15. The molecule has 1 fully saturated rings. The van der Waals surface area contributed by atoms with Crippen molar-refractivity contribution < 1.29 is 4.79 Å². The van der Waals surface area contributed by atoms with Crippen molar-refractivity contribution >= 4 is 17.7 Å². The topological polar surface area (TPSA) is 72.7 Å².